The third-order valence-electron chi connectivity index (χ3n) is 6.49. The Morgan fingerprint density at radius 1 is 0.925 bits per heavy atom. The summed E-state index contributed by atoms with van der Waals surface area (Å²) in [6, 6.07) is 23.2. The van der Waals surface area contributed by atoms with Gasteiger partial charge in [-0.3, -0.25) is 9.59 Å². The normalized spacial score (nSPS) is 14.5. The highest BCUT2D eigenvalue weighted by Crippen LogP contribution is 2.36. The summed E-state index contributed by atoms with van der Waals surface area (Å²) < 4.78 is 5.47. The second-order valence-electron chi connectivity index (χ2n) is 11.1. The molecule has 0 spiro atoms. The van der Waals surface area contributed by atoms with Gasteiger partial charge in [-0.2, -0.15) is 0 Å². The average Bonchev–Trinajstić information content (AvgIpc) is 3.75. The number of aromatic hydroxyl groups is 1. The van der Waals surface area contributed by atoms with Crippen molar-refractivity contribution >= 4 is 17.9 Å². The zero-order valence-electron chi connectivity index (χ0n) is 23.2. The third kappa shape index (κ3) is 8.09. The number of carbonyl (C=O) groups excluding carboxylic acids is 3. The van der Waals surface area contributed by atoms with E-state index in [1.165, 1.54) is 12.1 Å². The van der Waals surface area contributed by atoms with Gasteiger partial charge in [-0.25, -0.2) is 4.79 Å². The summed E-state index contributed by atoms with van der Waals surface area (Å²) in [4.78, 5) is 42.5. The fourth-order valence-electron chi connectivity index (χ4n) is 4.57. The van der Waals surface area contributed by atoms with Crippen molar-refractivity contribution in [2.24, 2.45) is 0 Å². The molecule has 0 aromatic heterocycles. The Hall–Kier alpha value is -4.33. The number of amides is 3. The molecule has 0 saturated heterocycles. The van der Waals surface area contributed by atoms with Gasteiger partial charge < -0.3 is 25.4 Å². The van der Waals surface area contributed by atoms with Crippen LogP contribution < -0.4 is 10.6 Å². The SMILES string of the molecule is CC(C)(C)OC(=O)NC(Cc1ccccc1)C(=O)N(C1CC1)C(C(=O)NCc1ccccc1)c1cccc(O)c1. The predicted molar refractivity (Wildman–Crippen MR) is 152 cm³/mol. The maximum atomic E-state index is 14.3. The number of benzene rings is 3. The topological polar surface area (TPSA) is 108 Å². The number of carbonyl (C=O) groups is 3. The lowest BCUT2D eigenvalue weighted by Crippen LogP contribution is -2.54. The first-order valence-corrected chi connectivity index (χ1v) is 13.6. The van der Waals surface area contributed by atoms with Crippen LogP contribution in [0.15, 0.2) is 84.9 Å². The summed E-state index contributed by atoms with van der Waals surface area (Å²) in [5, 5.41) is 16.0. The molecule has 40 heavy (non-hydrogen) atoms. The van der Waals surface area contributed by atoms with Crippen LogP contribution in [0.1, 0.15) is 56.3 Å². The second kappa shape index (κ2) is 12.7. The van der Waals surface area contributed by atoms with Gasteiger partial charge in [0.1, 0.15) is 23.4 Å². The van der Waals surface area contributed by atoms with Crippen molar-refractivity contribution in [3.05, 3.63) is 102 Å². The first-order chi connectivity index (χ1) is 19.1. The van der Waals surface area contributed by atoms with Gasteiger partial charge in [-0.1, -0.05) is 72.8 Å². The minimum atomic E-state index is -1.01. The van der Waals surface area contributed by atoms with E-state index in [2.05, 4.69) is 10.6 Å². The van der Waals surface area contributed by atoms with Crippen LogP contribution >= 0.6 is 0 Å². The molecular formula is C32H37N3O5. The Bertz CT molecular complexity index is 1300. The predicted octanol–water partition coefficient (Wildman–Crippen LogP) is 4.88. The maximum absolute atomic E-state index is 14.3. The third-order valence-corrected chi connectivity index (χ3v) is 6.49. The van der Waals surface area contributed by atoms with Crippen molar-refractivity contribution in [1.29, 1.82) is 0 Å². The molecule has 3 amide bonds. The molecule has 3 N–H and O–H groups in total. The Labute approximate surface area is 235 Å². The van der Waals surface area contributed by atoms with Gasteiger partial charge in [0.2, 0.25) is 11.8 Å². The van der Waals surface area contributed by atoms with E-state index in [1.807, 2.05) is 60.7 Å². The minimum absolute atomic E-state index is 0.00530. The Balaban J connectivity index is 1.67. The largest absolute Gasteiger partial charge is 0.508 e. The van der Waals surface area contributed by atoms with E-state index >= 15 is 0 Å². The van der Waals surface area contributed by atoms with E-state index in [1.54, 1.807) is 37.8 Å². The number of rotatable bonds is 10. The van der Waals surface area contributed by atoms with Gasteiger partial charge in [0.15, 0.2) is 0 Å². The van der Waals surface area contributed by atoms with Crippen molar-refractivity contribution in [2.45, 2.75) is 70.3 Å². The van der Waals surface area contributed by atoms with Gasteiger partial charge in [-0.05, 0) is 62.4 Å². The lowest BCUT2D eigenvalue weighted by atomic mass is 9.99. The van der Waals surface area contributed by atoms with Crippen LogP contribution in [0, 0.1) is 0 Å². The molecule has 4 rings (SSSR count). The highest BCUT2D eigenvalue weighted by molar-refractivity contribution is 5.92. The van der Waals surface area contributed by atoms with Crippen molar-refractivity contribution in [2.75, 3.05) is 0 Å². The number of phenols is 1. The van der Waals surface area contributed by atoms with Crippen LogP contribution in [-0.2, 0) is 27.3 Å². The fourth-order valence-corrected chi connectivity index (χ4v) is 4.57. The number of phenolic OH excluding ortho intramolecular Hbond substituents is 1. The van der Waals surface area contributed by atoms with Gasteiger partial charge in [0.25, 0.3) is 0 Å². The van der Waals surface area contributed by atoms with E-state index < -0.39 is 23.8 Å². The second-order valence-corrected chi connectivity index (χ2v) is 11.1. The van der Waals surface area contributed by atoms with Crippen molar-refractivity contribution < 1.29 is 24.2 Å². The molecule has 2 atom stereocenters. The Morgan fingerprint density at radius 2 is 1.55 bits per heavy atom. The highest BCUT2D eigenvalue weighted by atomic mass is 16.6. The monoisotopic (exact) mass is 543 g/mol. The summed E-state index contributed by atoms with van der Waals surface area (Å²) in [6.07, 6.45) is 0.982. The molecule has 0 radical (unpaired) electrons. The number of hydrogen-bond acceptors (Lipinski definition) is 5. The summed E-state index contributed by atoms with van der Waals surface area (Å²) in [5.41, 5.74) is 1.52. The minimum Gasteiger partial charge on any atom is -0.508 e. The lowest BCUT2D eigenvalue weighted by molar-refractivity contribution is -0.143. The molecule has 1 fully saturated rings. The molecule has 3 aromatic rings. The van der Waals surface area contributed by atoms with E-state index in [-0.39, 0.29) is 36.6 Å². The zero-order chi connectivity index (χ0) is 28.7. The Kier molecular flexibility index (Phi) is 9.09. The van der Waals surface area contributed by atoms with E-state index in [0.29, 0.717) is 5.56 Å². The zero-order valence-corrected chi connectivity index (χ0v) is 23.2. The smallest absolute Gasteiger partial charge is 0.408 e. The van der Waals surface area contributed by atoms with E-state index in [9.17, 15) is 19.5 Å². The number of nitrogens with one attached hydrogen (secondary N) is 2. The molecule has 3 aromatic carbocycles. The van der Waals surface area contributed by atoms with Crippen molar-refractivity contribution in [3.8, 4) is 5.75 Å². The molecule has 1 saturated carbocycles. The number of nitrogens with zero attached hydrogens (tertiary/aromatic N) is 1. The molecule has 1 aliphatic carbocycles. The molecule has 8 heteroatoms. The number of ether oxygens (including phenoxy) is 1. The van der Waals surface area contributed by atoms with Crippen LogP contribution in [0.3, 0.4) is 0 Å². The number of hydrogen-bond donors (Lipinski definition) is 3. The van der Waals surface area contributed by atoms with Gasteiger partial charge in [0, 0.05) is 19.0 Å². The summed E-state index contributed by atoms with van der Waals surface area (Å²) in [7, 11) is 0. The maximum Gasteiger partial charge on any atom is 0.408 e. The van der Waals surface area contributed by atoms with Crippen LogP contribution in [0.2, 0.25) is 0 Å². The molecule has 0 bridgehead atoms. The lowest BCUT2D eigenvalue weighted by Gasteiger charge is -2.35. The molecule has 2 unspecified atom stereocenters. The van der Waals surface area contributed by atoms with Gasteiger partial charge >= 0.3 is 6.09 Å². The Morgan fingerprint density at radius 3 is 2.12 bits per heavy atom. The molecule has 0 aliphatic heterocycles. The molecule has 210 valence electrons. The summed E-state index contributed by atoms with van der Waals surface area (Å²) in [6.45, 7) is 5.55. The molecule has 0 heterocycles. The number of alkyl carbamates (subject to hydrolysis) is 1. The van der Waals surface area contributed by atoms with Crippen LogP contribution in [0.25, 0.3) is 0 Å². The first kappa shape index (κ1) is 28.7. The van der Waals surface area contributed by atoms with Gasteiger partial charge in [0.05, 0.1) is 0 Å². The van der Waals surface area contributed by atoms with Gasteiger partial charge in [-0.15, -0.1) is 0 Å². The van der Waals surface area contributed by atoms with Crippen LogP contribution in [-0.4, -0.2) is 45.6 Å². The van der Waals surface area contributed by atoms with Crippen molar-refractivity contribution in [1.82, 2.24) is 15.5 Å². The molecule has 1 aliphatic rings. The molecular weight excluding hydrogens is 506 g/mol. The quantitative estimate of drug-likeness (QED) is 0.338. The van der Waals surface area contributed by atoms with Crippen LogP contribution in [0.4, 0.5) is 4.79 Å². The summed E-state index contributed by atoms with van der Waals surface area (Å²) in [5.74, 6) is -0.764. The van der Waals surface area contributed by atoms with Crippen molar-refractivity contribution in [3.63, 3.8) is 0 Å². The highest BCUT2D eigenvalue weighted by Gasteiger charge is 2.44. The fraction of sp³-hybridized carbons (Fsp3) is 0.344. The van der Waals surface area contributed by atoms with E-state index in [0.717, 1.165) is 24.0 Å². The average molecular weight is 544 g/mol. The summed E-state index contributed by atoms with van der Waals surface area (Å²) >= 11 is 0. The standard InChI is InChI=1S/C32H37N3O5/c1-32(2,3)40-31(39)34-27(19-22-11-6-4-7-12-22)30(38)35(25-17-18-25)28(24-15-10-16-26(36)20-24)29(37)33-21-23-13-8-5-9-14-23/h4-16,20,25,27-28,36H,17-19,21H2,1-3H3,(H,33,37)(H,34,39). The first-order valence-electron chi connectivity index (χ1n) is 13.6. The van der Waals surface area contributed by atoms with E-state index in [4.69, 9.17) is 4.74 Å². The van der Waals surface area contributed by atoms with Crippen LogP contribution in [0.5, 0.6) is 5.75 Å². The molecule has 8 nitrogen and oxygen atoms in total.